The lowest BCUT2D eigenvalue weighted by Gasteiger charge is -2.07. The fourth-order valence-electron chi connectivity index (χ4n) is 1.09. The summed E-state index contributed by atoms with van der Waals surface area (Å²) in [6, 6.07) is 1.52. The summed E-state index contributed by atoms with van der Waals surface area (Å²) in [5.74, 6) is -0.172. The molecule has 1 rings (SSSR count). The average Bonchev–Trinajstić information content (AvgIpc) is 2.36. The summed E-state index contributed by atoms with van der Waals surface area (Å²) in [6.45, 7) is -0.0944. The van der Waals surface area contributed by atoms with E-state index in [2.05, 4.69) is 20.9 Å². The Hall–Kier alpha value is -1.82. The van der Waals surface area contributed by atoms with E-state index in [4.69, 9.17) is 11.6 Å². The molecule has 1 aromatic heterocycles. The number of hydrogen-bond acceptors (Lipinski definition) is 4. The molecule has 1 heterocycles. The lowest BCUT2D eigenvalue weighted by atomic mass is 10.2. The fraction of sp³-hybridized carbons (Fsp3) is 0.300. The van der Waals surface area contributed by atoms with Gasteiger partial charge in [-0.2, -0.15) is 0 Å². The number of pyridine rings is 1. The second kappa shape index (κ2) is 6.05. The summed E-state index contributed by atoms with van der Waals surface area (Å²) in [5, 5.41) is 7.88. The largest absolute Gasteiger partial charge is 0.373 e. The van der Waals surface area contributed by atoms with Gasteiger partial charge in [-0.25, -0.2) is 4.98 Å². The highest BCUT2D eigenvalue weighted by atomic mass is 35.5. The number of likely N-dealkylation sites (N-methyl/N-ethyl adjacent to an activating group) is 1. The van der Waals surface area contributed by atoms with Crippen LogP contribution in [0.5, 0.6) is 0 Å². The van der Waals surface area contributed by atoms with Gasteiger partial charge in [0.25, 0.3) is 5.91 Å². The third-order valence-electron chi connectivity index (χ3n) is 2.04. The van der Waals surface area contributed by atoms with Crippen molar-refractivity contribution in [3.05, 3.63) is 22.8 Å². The van der Waals surface area contributed by atoms with Gasteiger partial charge in [0.05, 0.1) is 17.1 Å². The Balaban J connectivity index is 2.77. The summed E-state index contributed by atoms with van der Waals surface area (Å²) in [4.78, 5) is 26.6. The molecule has 0 fully saturated rings. The molecule has 6 nitrogen and oxygen atoms in total. The predicted molar refractivity (Wildman–Crippen MR) is 65.2 cm³/mol. The van der Waals surface area contributed by atoms with Gasteiger partial charge in [0.1, 0.15) is 5.82 Å². The zero-order chi connectivity index (χ0) is 12.8. The molecule has 0 spiro atoms. The molecule has 0 saturated heterocycles. The molecule has 0 unspecified atom stereocenters. The maximum atomic E-state index is 11.7. The topological polar surface area (TPSA) is 83.1 Å². The smallest absolute Gasteiger partial charge is 0.253 e. The van der Waals surface area contributed by atoms with E-state index in [-0.39, 0.29) is 23.0 Å². The Bertz CT molecular complexity index is 436. The normalized spacial score (nSPS) is 9.59. The first kappa shape index (κ1) is 13.2. The molecule has 0 saturated carbocycles. The monoisotopic (exact) mass is 256 g/mol. The van der Waals surface area contributed by atoms with Crippen LogP contribution in [0.2, 0.25) is 5.02 Å². The standard InChI is InChI=1S/C10H13ClN4O2/c1-12-8-3-6(7(11)4-14-8)10(17)15-5-9(16)13-2/h3-4H,5H2,1-2H3,(H,12,14)(H,13,16)(H,15,17). The van der Waals surface area contributed by atoms with Crippen molar-refractivity contribution in [2.75, 3.05) is 26.0 Å². The number of carbonyl (C=O) groups excluding carboxylic acids is 2. The van der Waals surface area contributed by atoms with Crippen molar-refractivity contribution in [2.45, 2.75) is 0 Å². The number of halogens is 1. The third-order valence-corrected chi connectivity index (χ3v) is 2.35. The number of hydrogen-bond donors (Lipinski definition) is 3. The summed E-state index contributed by atoms with van der Waals surface area (Å²) in [7, 11) is 3.18. The Morgan fingerprint density at radius 1 is 1.41 bits per heavy atom. The molecule has 0 aromatic carbocycles. The molecule has 7 heteroatoms. The minimum atomic E-state index is -0.419. The third kappa shape index (κ3) is 3.60. The van der Waals surface area contributed by atoms with Crippen LogP contribution in [0, 0.1) is 0 Å². The minimum absolute atomic E-state index is 0.0944. The summed E-state index contributed by atoms with van der Waals surface area (Å²) in [5.41, 5.74) is 0.273. The van der Waals surface area contributed by atoms with Crippen LogP contribution in [0.1, 0.15) is 10.4 Å². The lowest BCUT2D eigenvalue weighted by Crippen LogP contribution is -2.35. The van der Waals surface area contributed by atoms with Gasteiger partial charge < -0.3 is 16.0 Å². The first-order chi connectivity index (χ1) is 8.08. The van der Waals surface area contributed by atoms with Crippen LogP contribution in [0.25, 0.3) is 0 Å². The van der Waals surface area contributed by atoms with E-state index < -0.39 is 5.91 Å². The quantitative estimate of drug-likeness (QED) is 0.721. The van der Waals surface area contributed by atoms with Crippen molar-refractivity contribution < 1.29 is 9.59 Å². The zero-order valence-corrected chi connectivity index (χ0v) is 10.3. The van der Waals surface area contributed by atoms with Crippen LogP contribution in [0.15, 0.2) is 12.3 Å². The van der Waals surface area contributed by atoms with Gasteiger partial charge in [-0.3, -0.25) is 9.59 Å². The molecule has 92 valence electrons. The molecule has 0 radical (unpaired) electrons. The Morgan fingerprint density at radius 2 is 2.12 bits per heavy atom. The number of carbonyl (C=O) groups is 2. The maximum Gasteiger partial charge on any atom is 0.253 e. The summed E-state index contributed by atoms with van der Waals surface area (Å²) < 4.78 is 0. The molecule has 0 atom stereocenters. The van der Waals surface area contributed by atoms with Gasteiger partial charge in [0.15, 0.2) is 0 Å². The van der Waals surface area contributed by atoms with Crippen LogP contribution >= 0.6 is 11.6 Å². The molecule has 2 amide bonds. The zero-order valence-electron chi connectivity index (χ0n) is 9.50. The van der Waals surface area contributed by atoms with Gasteiger partial charge in [-0.1, -0.05) is 11.6 Å². The van der Waals surface area contributed by atoms with Crippen LogP contribution in [0.4, 0.5) is 5.82 Å². The molecule has 0 aliphatic heterocycles. The number of anilines is 1. The van der Waals surface area contributed by atoms with Crippen molar-refractivity contribution >= 4 is 29.2 Å². The van der Waals surface area contributed by atoms with Crippen LogP contribution in [-0.2, 0) is 4.79 Å². The summed E-state index contributed by atoms with van der Waals surface area (Å²) >= 11 is 5.85. The van der Waals surface area contributed by atoms with Crippen molar-refractivity contribution in [3.63, 3.8) is 0 Å². The number of nitrogens with zero attached hydrogens (tertiary/aromatic N) is 1. The van der Waals surface area contributed by atoms with E-state index in [1.807, 2.05) is 0 Å². The van der Waals surface area contributed by atoms with Gasteiger partial charge in [-0.15, -0.1) is 0 Å². The van der Waals surface area contributed by atoms with E-state index in [1.165, 1.54) is 19.3 Å². The molecule has 0 aliphatic carbocycles. The van der Waals surface area contributed by atoms with Crippen molar-refractivity contribution in [1.29, 1.82) is 0 Å². The van der Waals surface area contributed by atoms with Crippen molar-refractivity contribution in [1.82, 2.24) is 15.6 Å². The van der Waals surface area contributed by atoms with Gasteiger partial charge >= 0.3 is 0 Å². The molecular formula is C10H13ClN4O2. The van der Waals surface area contributed by atoms with E-state index in [9.17, 15) is 9.59 Å². The Kier molecular flexibility index (Phi) is 4.71. The van der Waals surface area contributed by atoms with Crippen LogP contribution < -0.4 is 16.0 Å². The highest BCUT2D eigenvalue weighted by molar-refractivity contribution is 6.33. The molecule has 17 heavy (non-hydrogen) atoms. The number of aromatic nitrogens is 1. The summed E-state index contributed by atoms with van der Waals surface area (Å²) in [6.07, 6.45) is 1.38. The highest BCUT2D eigenvalue weighted by Gasteiger charge is 2.12. The Morgan fingerprint density at radius 3 is 2.71 bits per heavy atom. The number of amides is 2. The van der Waals surface area contributed by atoms with Crippen molar-refractivity contribution in [2.24, 2.45) is 0 Å². The first-order valence-corrected chi connectivity index (χ1v) is 5.28. The van der Waals surface area contributed by atoms with E-state index >= 15 is 0 Å². The van der Waals surface area contributed by atoms with E-state index in [1.54, 1.807) is 7.05 Å². The lowest BCUT2D eigenvalue weighted by molar-refractivity contribution is -0.119. The van der Waals surface area contributed by atoms with Gasteiger partial charge in [0.2, 0.25) is 5.91 Å². The van der Waals surface area contributed by atoms with Crippen LogP contribution in [-0.4, -0.2) is 37.4 Å². The van der Waals surface area contributed by atoms with Crippen molar-refractivity contribution in [3.8, 4) is 0 Å². The highest BCUT2D eigenvalue weighted by Crippen LogP contribution is 2.17. The molecule has 3 N–H and O–H groups in total. The molecular weight excluding hydrogens is 244 g/mol. The molecule has 1 aromatic rings. The average molecular weight is 257 g/mol. The second-order valence-corrected chi connectivity index (χ2v) is 3.56. The predicted octanol–water partition coefficient (Wildman–Crippen LogP) is 0.252. The molecule has 0 aliphatic rings. The number of rotatable bonds is 4. The van der Waals surface area contributed by atoms with E-state index in [0.29, 0.717) is 5.82 Å². The minimum Gasteiger partial charge on any atom is -0.373 e. The van der Waals surface area contributed by atoms with Crippen LogP contribution in [0.3, 0.4) is 0 Å². The van der Waals surface area contributed by atoms with Gasteiger partial charge in [0, 0.05) is 20.3 Å². The SMILES string of the molecule is CNC(=O)CNC(=O)c1cc(NC)ncc1Cl. The maximum absolute atomic E-state index is 11.7. The van der Waals surface area contributed by atoms with E-state index in [0.717, 1.165) is 0 Å². The Labute approximate surface area is 104 Å². The number of nitrogens with one attached hydrogen (secondary N) is 3. The first-order valence-electron chi connectivity index (χ1n) is 4.90. The van der Waals surface area contributed by atoms with Gasteiger partial charge in [-0.05, 0) is 6.07 Å². The second-order valence-electron chi connectivity index (χ2n) is 3.16. The molecule has 0 bridgehead atoms. The fourth-order valence-corrected chi connectivity index (χ4v) is 1.28.